The van der Waals surface area contributed by atoms with Gasteiger partial charge in [0.1, 0.15) is 0 Å². The van der Waals surface area contributed by atoms with Crippen molar-refractivity contribution in [3.8, 4) is 0 Å². The van der Waals surface area contributed by atoms with E-state index >= 15 is 0 Å². The molecule has 0 bridgehead atoms. The fraction of sp³-hybridized carbons (Fsp3) is 0.133. The van der Waals surface area contributed by atoms with Crippen LogP contribution in [-0.4, -0.2) is 27.4 Å². The number of hydrogen-bond donors (Lipinski definition) is 2. The van der Waals surface area contributed by atoms with Crippen molar-refractivity contribution in [1.29, 1.82) is 0 Å². The largest absolute Gasteiger partial charge is 0.459 e. The smallest absolute Gasteiger partial charge is 0.287 e. The van der Waals surface area contributed by atoms with E-state index < -0.39 is 10.0 Å². The summed E-state index contributed by atoms with van der Waals surface area (Å²) in [5.74, 6) is -0.198. The molecular formula is C15H16N2O4S. The Labute approximate surface area is 128 Å². The molecule has 2 rings (SSSR count). The number of rotatable bonds is 7. The minimum absolute atomic E-state index is 0.0912. The van der Waals surface area contributed by atoms with Crippen molar-refractivity contribution in [3.05, 3.63) is 65.5 Å². The van der Waals surface area contributed by atoms with Gasteiger partial charge in [0.25, 0.3) is 5.91 Å². The summed E-state index contributed by atoms with van der Waals surface area (Å²) in [5, 5.41) is 3.64. The summed E-state index contributed by atoms with van der Waals surface area (Å²) in [4.78, 5) is 11.5. The molecule has 0 aliphatic rings. The number of hydrogen-bond acceptors (Lipinski definition) is 4. The Hall–Kier alpha value is -2.38. The van der Waals surface area contributed by atoms with Crippen LogP contribution in [0.3, 0.4) is 0 Å². The molecule has 7 heteroatoms. The molecule has 1 heterocycles. The third kappa shape index (κ3) is 5.19. The predicted molar refractivity (Wildman–Crippen MR) is 83.4 cm³/mol. The minimum Gasteiger partial charge on any atom is -0.459 e. The fourth-order valence-corrected chi connectivity index (χ4v) is 2.46. The molecule has 0 saturated carbocycles. The second-order valence-corrected chi connectivity index (χ2v) is 6.04. The van der Waals surface area contributed by atoms with Crippen LogP contribution in [0, 0.1) is 0 Å². The van der Waals surface area contributed by atoms with Crippen molar-refractivity contribution in [2.24, 2.45) is 0 Å². The average Bonchev–Trinajstić information content (AvgIpc) is 3.05. The third-order valence-electron chi connectivity index (χ3n) is 2.70. The summed E-state index contributed by atoms with van der Waals surface area (Å²) in [6.07, 6.45) is 2.90. The Kier molecular flexibility index (Phi) is 5.51. The van der Waals surface area contributed by atoms with Gasteiger partial charge in [0.05, 0.1) is 6.26 Å². The number of amides is 1. The molecule has 2 aromatic rings. The van der Waals surface area contributed by atoms with Crippen LogP contribution in [-0.2, 0) is 10.0 Å². The molecule has 0 saturated heterocycles. The highest BCUT2D eigenvalue weighted by atomic mass is 32.2. The zero-order valence-electron chi connectivity index (χ0n) is 11.7. The van der Waals surface area contributed by atoms with Gasteiger partial charge in [-0.1, -0.05) is 30.3 Å². The van der Waals surface area contributed by atoms with Crippen molar-refractivity contribution in [3.63, 3.8) is 0 Å². The van der Waals surface area contributed by atoms with Gasteiger partial charge in [-0.25, -0.2) is 13.1 Å². The Bertz CT molecular complexity index is 722. The maximum absolute atomic E-state index is 11.7. The number of furan rings is 1. The van der Waals surface area contributed by atoms with Crippen LogP contribution in [0.2, 0.25) is 0 Å². The Morgan fingerprint density at radius 3 is 2.55 bits per heavy atom. The summed E-state index contributed by atoms with van der Waals surface area (Å²) >= 11 is 0. The first-order valence-electron chi connectivity index (χ1n) is 6.61. The molecule has 116 valence electrons. The van der Waals surface area contributed by atoms with Crippen LogP contribution < -0.4 is 10.0 Å². The molecule has 0 atom stereocenters. The van der Waals surface area contributed by atoms with E-state index in [0.717, 1.165) is 11.0 Å². The molecule has 1 aromatic carbocycles. The van der Waals surface area contributed by atoms with Gasteiger partial charge in [-0.3, -0.25) is 4.79 Å². The summed E-state index contributed by atoms with van der Waals surface area (Å²) in [5.41, 5.74) is 0.791. The molecule has 0 aliphatic carbocycles. The number of sulfonamides is 1. The van der Waals surface area contributed by atoms with E-state index in [1.54, 1.807) is 18.2 Å². The van der Waals surface area contributed by atoms with Gasteiger partial charge in [-0.05, 0) is 23.8 Å². The molecule has 0 spiro atoms. The van der Waals surface area contributed by atoms with E-state index in [9.17, 15) is 13.2 Å². The Morgan fingerprint density at radius 1 is 1.09 bits per heavy atom. The van der Waals surface area contributed by atoms with Crippen molar-refractivity contribution >= 4 is 22.0 Å². The van der Waals surface area contributed by atoms with E-state index in [1.807, 2.05) is 18.2 Å². The van der Waals surface area contributed by atoms with Gasteiger partial charge >= 0.3 is 0 Å². The maximum atomic E-state index is 11.7. The lowest BCUT2D eigenvalue weighted by molar-refractivity contribution is 0.0926. The van der Waals surface area contributed by atoms with Gasteiger partial charge < -0.3 is 9.73 Å². The topological polar surface area (TPSA) is 88.4 Å². The van der Waals surface area contributed by atoms with Gasteiger partial charge in [0.15, 0.2) is 5.76 Å². The van der Waals surface area contributed by atoms with Crippen LogP contribution in [0.4, 0.5) is 0 Å². The first-order chi connectivity index (χ1) is 10.6. The Balaban J connectivity index is 1.76. The van der Waals surface area contributed by atoms with Crippen LogP contribution in [0.15, 0.2) is 58.6 Å². The lowest BCUT2D eigenvalue weighted by Crippen LogP contribution is -2.33. The second kappa shape index (κ2) is 7.58. The zero-order chi connectivity index (χ0) is 15.8. The number of benzene rings is 1. The fourth-order valence-electron chi connectivity index (χ4n) is 1.64. The lowest BCUT2D eigenvalue weighted by Gasteiger charge is -2.04. The van der Waals surface area contributed by atoms with E-state index in [2.05, 4.69) is 10.0 Å². The normalized spacial score (nSPS) is 11.6. The summed E-state index contributed by atoms with van der Waals surface area (Å²) in [6, 6.07) is 12.2. The standard InChI is InChI=1S/C15H16N2O4S/c18-15(14-7-4-11-21-14)16-9-10-17-22(19,20)12-8-13-5-2-1-3-6-13/h1-8,11-12,17H,9-10H2,(H,16,18)/b12-8+. The molecule has 1 amide bonds. The number of nitrogens with one attached hydrogen (secondary N) is 2. The van der Waals surface area contributed by atoms with E-state index in [1.165, 1.54) is 18.4 Å². The molecule has 2 N–H and O–H groups in total. The third-order valence-corrected chi connectivity index (χ3v) is 3.80. The highest BCUT2D eigenvalue weighted by Gasteiger charge is 2.08. The van der Waals surface area contributed by atoms with Crippen molar-refractivity contribution in [1.82, 2.24) is 10.0 Å². The summed E-state index contributed by atoms with van der Waals surface area (Å²) in [7, 11) is -3.54. The van der Waals surface area contributed by atoms with Crippen LogP contribution in [0.1, 0.15) is 16.1 Å². The van der Waals surface area contributed by atoms with Crippen molar-refractivity contribution < 1.29 is 17.6 Å². The molecule has 0 unspecified atom stereocenters. The van der Waals surface area contributed by atoms with E-state index in [0.29, 0.717) is 0 Å². The molecule has 0 fully saturated rings. The highest BCUT2D eigenvalue weighted by molar-refractivity contribution is 7.92. The molecule has 0 radical (unpaired) electrons. The maximum Gasteiger partial charge on any atom is 0.287 e. The first-order valence-corrected chi connectivity index (χ1v) is 8.16. The Morgan fingerprint density at radius 2 is 1.86 bits per heavy atom. The molecule has 22 heavy (non-hydrogen) atoms. The predicted octanol–water partition coefficient (Wildman–Crippen LogP) is 1.60. The van der Waals surface area contributed by atoms with Crippen LogP contribution >= 0.6 is 0 Å². The van der Waals surface area contributed by atoms with E-state index in [4.69, 9.17) is 4.42 Å². The average molecular weight is 320 g/mol. The molecule has 1 aromatic heterocycles. The van der Waals surface area contributed by atoms with Gasteiger partial charge in [-0.2, -0.15) is 0 Å². The SMILES string of the molecule is O=C(NCCNS(=O)(=O)/C=C/c1ccccc1)c1ccco1. The molecular weight excluding hydrogens is 304 g/mol. The summed E-state index contributed by atoms with van der Waals surface area (Å²) < 4.78 is 30.8. The van der Waals surface area contributed by atoms with Crippen LogP contribution in [0.5, 0.6) is 0 Å². The highest BCUT2D eigenvalue weighted by Crippen LogP contribution is 2.02. The number of carbonyl (C=O) groups is 1. The number of carbonyl (C=O) groups excluding carboxylic acids is 1. The monoisotopic (exact) mass is 320 g/mol. The minimum atomic E-state index is -3.54. The second-order valence-electron chi connectivity index (χ2n) is 4.39. The molecule has 0 aliphatic heterocycles. The van der Waals surface area contributed by atoms with Crippen LogP contribution in [0.25, 0.3) is 6.08 Å². The van der Waals surface area contributed by atoms with Gasteiger partial charge in [-0.15, -0.1) is 0 Å². The quantitative estimate of drug-likeness (QED) is 0.759. The lowest BCUT2D eigenvalue weighted by atomic mass is 10.2. The van der Waals surface area contributed by atoms with Crippen molar-refractivity contribution in [2.75, 3.05) is 13.1 Å². The molecule has 6 nitrogen and oxygen atoms in total. The van der Waals surface area contributed by atoms with Gasteiger partial charge in [0, 0.05) is 18.5 Å². The van der Waals surface area contributed by atoms with Gasteiger partial charge in [0.2, 0.25) is 10.0 Å². The van der Waals surface area contributed by atoms with E-state index in [-0.39, 0.29) is 24.8 Å². The van der Waals surface area contributed by atoms with Crippen molar-refractivity contribution in [2.45, 2.75) is 0 Å². The summed E-state index contributed by atoms with van der Waals surface area (Å²) in [6.45, 7) is 0.256. The zero-order valence-corrected chi connectivity index (χ0v) is 12.5. The first kappa shape index (κ1) is 16.0.